The van der Waals surface area contributed by atoms with Gasteiger partial charge in [0.05, 0.1) is 33.7 Å². The fraction of sp³-hybridized carbons (Fsp3) is 0.276. The SMILES string of the molecule is Cc1cc(-n2ncc3c(NC(=O)c4cc(CNC(=O)CC(C)(C)C)ccc4Cl)cccc32)ccc1OC(F)(F)F. The number of ether oxygens (including phenoxy) is 1. The molecule has 4 aromatic rings. The molecule has 0 aliphatic rings. The molecule has 0 aliphatic carbocycles. The maximum Gasteiger partial charge on any atom is 0.573 e. The number of amides is 2. The van der Waals surface area contributed by atoms with Crippen molar-refractivity contribution >= 4 is 40.0 Å². The van der Waals surface area contributed by atoms with E-state index in [2.05, 4.69) is 20.5 Å². The number of anilines is 1. The number of aromatic nitrogens is 2. The van der Waals surface area contributed by atoms with Gasteiger partial charge in [-0.05, 0) is 65.9 Å². The van der Waals surface area contributed by atoms with Gasteiger partial charge in [0.15, 0.2) is 0 Å². The van der Waals surface area contributed by atoms with Crippen molar-refractivity contribution in [3.63, 3.8) is 0 Å². The summed E-state index contributed by atoms with van der Waals surface area (Å²) in [7, 11) is 0. The maximum atomic E-state index is 13.2. The zero-order valence-corrected chi connectivity index (χ0v) is 23.1. The van der Waals surface area contributed by atoms with E-state index in [1.165, 1.54) is 25.1 Å². The Kier molecular flexibility index (Phi) is 8.11. The fourth-order valence-corrected chi connectivity index (χ4v) is 4.36. The summed E-state index contributed by atoms with van der Waals surface area (Å²) in [6, 6.07) is 14.4. The van der Waals surface area contributed by atoms with Crippen LogP contribution < -0.4 is 15.4 Å². The van der Waals surface area contributed by atoms with Crippen molar-refractivity contribution in [3.8, 4) is 11.4 Å². The second kappa shape index (κ2) is 11.2. The lowest BCUT2D eigenvalue weighted by Gasteiger charge is -2.17. The standard InChI is InChI=1S/C29H28ClF3N4O3/c1-17-12-19(9-11-25(17)40-29(31,32)33)37-24-7-5-6-23(21(24)16-35-37)36-27(39)20-13-18(8-10-22(20)30)15-34-26(38)14-28(2,3)4/h5-13,16H,14-15H2,1-4H3,(H,34,38)(H,36,39). The molecule has 0 saturated heterocycles. The van der Waals surface area contributed by atoms with Gasteiger partial charge in [-0.25, -0.2) is 4.68 Å². The number of nitrogens with zero attached hydrogens (tertiary/aromatic N) is 2. The third-order valence-corrected chi connectivity index (χ3v) is 6.28. The summed E-state index contributed by atoms with van der Waals surface area (Å²) >= 11 is 6.33. The van der Waals surface area contributed by atoms with Crippen molar-refractivity contribution in [2.24, 2.45) is 5.41 Å². The zero-order chi connectivity index (χ0) is 29.2. The molecule has 0 saturated carbocycles. The minimum Gasteiger partial charge on any atom is -0.406 e. The van der Waals surface area contributed by atoms with Crippen molar-refractivity contribution in [2.45, 2.75) is 47.0 Å². The normalized spacial score (nSPS) is 11.9. The number of alkyl halides is 3. The van der Waals surface area contributed by atoms with Crippen molar-refractivity contribution in [1.82, 2.24) is 15.1 Å². The van der Waals surface area contributed by atoms with Gasteiger partial charge in [0.2, 0.25) is 5.91 Å². The van der Waals surface area contributed by atoms with Crippen molar-refractivity contribution in [3.05, 3.63) is 82.5 Å². The number of fused-ring (bicyclic) bond motifs is 1. The Hall–Kier alpha value is -4.05. The van der Waals surface area contributed by atoms with Gasteiger partial charge >= 0.3 is 6.36 Å². The van der Waals surface area contributed by atoms with Crippen molar-refractivity contribution in [2.75, 3.05) is 5.32 Å². The number of halogens is 4. The summed E-state index contributed by atoms with van der Waals surface area (Å²) in [5.74, 6) is -0.832. The summed E-state index contributed by atoms with van der Waals surface area (Å²) < 4.78 is 43.6. The lowest BCUT2D eigenvalue weighted by molar-refractivity contribution is -0.274. The van der Waals surface area contributed by atoms with Crippen LogP contribution in [0, 0.1) is 12.3 Å². The molecular formula is C29H28ClF3N4O3. The van der Waals surface area contributed by atoms with E-state index in [0.717, 1.165) is 5.56 Å². The largest absolute Gasteiger partial charge is 0.573 e. The molecule has 0 bridgehead atoms. The number of nitrogens with one attached hydrogen (secondary N) is 2. The summed E-state index contributed by atoms with van der Waals surface area (Å²) in [6.07, 6.45) is -2.86. The lowest BCUT2D eigenvalue weighted by atomic mass is 9.92. The van der Waals surface area contributed by atoms with Gasteiger partial charge in [-0.2, -0.15) is 5.10 Å². The summed E-state index contributed by atoms with van der Waals surface area (Å²) in [5.41, 5.74) is 2.72. The molecule has 3 aromatic carbocycles. The molecule has 0 atom stereocenters. The number of rotatable bonds is 7. The Labute approximate surface area is 234 Å². The molecule has 2 amide bonds. The second-order valence-electron chi connectivity index (χ2n) is 10.6. The lowest BCUT2D eigenvalue weighted by Crippen LogP contribution is -2.27. The Balaban J connectivity index is 1.54. The average Bonchev–Trinajstić information content (AvgIpc) is 3.28. The number of hydrogen-bond donors (Lipinski definition) is 2. The fourth-order valence-electron chi connectivity index (χ4n) is 4.16. The van der Waals surface area contributed by atoms with E-state index >= 15 is 0 Å². The Morgan fingerprint density at radius 2 is 1.80 bits per heavy atom. The van der Waals surface area contributed by atoms with E-state index in [0.29, 0.717) is 28.7 Å². The van der Waals surface area contributed by atoms with Gasteiger partial charge in [0.25, 0.3) is 5.91 Å². The quantitative estimate of drug-likeness (QED) is 0.245. The van der Waals surface area contributed by atoms with Gasteiger partial charge < -0.3 is 15.4 Å². The van der Waals surface area contributed by atoms with Gasteiger partial charge in [-0.15, -0.1) is 13.2 Å². The van der Waals surface area contributed by atoms with Crippen LogP contribution in [0.4, 0.5) is 18.9 Å². The highest BCUT2D eigenvalue weighted by molar-refractivity contribution is 6.34. The van der Waals surface area contributed by atoms with Crippen LogP contribution in [0.15, 0.2) is 60.8 Å². The molecule has 40 heavy (non-hydrogen) atoms. The maximum absolute atomic E-state index is 13.2. The molecule has 1 heterocycles. The monoisotopic (exact) mass is 572 g/mol. The molecule has 0 radical (unpaired) electrons. The number of benzene rings is 3. The molecule has 210 valence electrons. The number of hydrogen-bond acceptors (Lipinski definition) is 4. The first-order valence-electron chi connectivity index (χ1n) is 12.4. The van der Waals surface area contributed by atoms with Crippen LogP contribution in [0.25, 0.3) is 16.6 Å². The van der Waals surface area contributed by atoms with Gasteiger partial charge in [-0.3, -0.25) is 9.59 Å². The van der Waals surface area contributed by atoms with E-state index in [1.54, 1.807) is 47.3 Å². The first-order valence-corrected chi connectivity index (χ1v) is 12.8. The number of aryl methyl sites for hydroxylation is 1. The highest BCUT2D eigenvalue weighted by Gasteiger charge is 2.31. The predicted octanol–water partition coefficient (Wildman–Crippen LogP) is 7.19. The molecule has 0 unspecified atom stereocenters. The molecule has 0 aliphatic heterocycles. The van der Waals surface area contributed by atoms with E-state index in [-0.39, 0.29) is 39.8 Å². The molecule has 2 N–H and O–H groups in total. The van der Waals surface area contributed by atoms with Gasteiger partial charge in [0.1, 0.15) is 5.75 Å². The van der Waals surface area contributed by atoms with E-state index in [9.17, 15) is 22.8 Å². The summed E-state index contributed by atoms with van der Waals surface area (Å²) in [5, 5.41) is 11.0. The smallest absolute Gasteiger partial charge is 0.406 e. The molecular weight excluding hydrogens is 545 g/mol. The molecule has 11 heteroatoms. The van der Waals surface area contributed by atoms with Gasteiger partial charge in [0, 0.05) is 18.4 Å². The molecule has 4 rings (SSSR count). The van der Waals surface area contributed by atoms with E-state index in [4.69, 9.17) is 11.6 Å². The van der Waals surface area contributed by atoms with E-state index < -0.39 is 12.3 Å². The van der Waals surface area contributed by atoms with Crippen molar-refractivity contribution < 1.29 is 27.5 Å². The highest BCUT2D eigenvalue weighted by Crippen LogP contribution is 2.31. The highest BCUT2D eigenvalue weighted by atomic mass is 35.5. The van der Waals surface area contributed by atoms with E-state index in [1.807, 2.05) is 20.8 Å². The van der Waals surface area contributed by atoms with Crippen LogP contribution in [0.3, 0.4) is 0 Å². The first kappa shape index (κ1) is 28.9. The van der Waals surface area contributed by atoms with Crippen molar-refractivity contribution in [1.29, 1.82) is 0 Å². The van der Waals surface area contributed by atoms with Gasteiger partial charge in [-0.1, -0.05) is 44.5 Å². The van der Waals surface area contributed by atoms with Crippen LogP contribution >= 0.6 is 11.6 Å². The molecule has 7 nitrogen and oxygen atoms in total. The van der Waals surface area contributed by atoms with Crippen LogP contribution in [-0.4, -0.2) is 28.0 Å². The Morgan fingerprint density at radius 3 is 2.48 bits per heavy atom. The molecule has 0 spiro atoms. The van der Waals surface area contributed by atoms with Crippen LogP contribution in [0.5, 0.6) is 5.75 Å². The summed E-state index contributed by atoms with van der Waals surface area (Å²) in [6.45, 7) is 7.69. The van der Waals surface area contributed by atoms with Crippen LogP contribution in [-0.2, 0) is 11.3 Å². The third-order valence-electron chi connectivity index (χ3n) is 5.95. The number of carbonyl (C=O) groups is 2. The molecule has 1 aromatic heterocycles. The minimum absolute atomic E-state index is 0.0881. The van der Waals surface area contributed by atoms with Crippen LogP contribution in [0.1, 0.15) is 48.7 Å². The Bertz CT molecular complexity index is 1580. The number of carbonyl (C=O) groups excluding carboxylic acids is 2. The predicted molar refractivity (Wildman–Crippen MR) is 148 cm³/mol. The minimum atomic E-state index is -4.79. The zero-order valence-electron chi connectivity index (χ0n) is 22.3. The summed E-state index contributed by atoms with van der Waals surface area (Å²) in [4.78, 5) is 25.4. The topological polar surface area (TPSA) is 85.3 Å². The van der Waals surface area contributed by atoms with Crippen LogP contribution in [0.2, 0.25) is 5.02 Å². The second-order valence-corrected chi connectivity index (χ2v) is 11.0. The first-order chi connectivity index (χ1) is 18.7. The average molecular weight is 573 g/mol. The Morgan fingerprint density at radius 1 is 1.05 bits per heavy atom. The third kappa shape index (κ3) is 7.12. The molecule has 0 fully saturated rings.